The first-order valence-electron chi connectivity index (χ1n) is 10.7. The van der Waals surface area contributed by atoms with Crippen LogP contribution >= 0.6 is 39.9 Å². The van der Waals surface area contributed by atoms with Crippen LogP contribution in [0.15, 0.2) is 51.8 Å². The number of ether oxygens (including phenoxy) is 2. The highest BCUT2D eigenvalue weighted by Gasteiger charge is 2.33. The van der Waals surface area contributed by atoms with Crippen LogP contribution in [0.1, 0.15) is 49.0 Å². The molecule has 1 N–H and O–H groups in total. The Morgan fingerprint density at radius 3 is 2.58 bits per heavy atom. The number of nitrogens with one attached hydrogen (secondary N) is 1. The standard InChI is InChI=1S/C24H25BrN2O4S2/c1-3-5-6-13-31-19-12-7-16(14-20(19)30-4-2)15-21-23(29)27(24(32)33-21)26-22(28)17-8-10-18(25)11-9-17/h7-12,14-15H,3-6,13H2,1-2H3,(H,26,28)/b21-15-. The zero-order chi connectivity index (χ0) is 23.8. The van der Waals surface area contributed by atoms with Gasteiger partial charge in [0.05, 0.1) is 18.1 Å². The molecule has 1 aliphatic heterocycles. The number of hydrogen-bond donors (Lipinski definition) is 1. The minimum Gasteiger partial charge on any atom is -0.490 e. The van der Waals surface area contributed by atoms with Crippen LogP contribution in [0, 0.1) is 0 Å². The van der Waals surface area contributed by atoms with E-state index in [-0.39, 0.29) is 10.2 Å². The maximum Gasteiger partial charge on any atom is 0.285 e. The van der Waals surface area contributed by atoms with Crippen molar-refractivity contribution in [3.63, 3.8) is 0 Å². The van der Waals surface area contributed by atoms with Crippen LogP contribution in [0.25, 0.3) is 6.08 Å². The van der Waals surface area contributed by atoms with E-state index in [9.17, 15) is 9.59 Å². The van der Waals surface area contributed by atoms with Gasteiger partial charge in [-0.3, -0.25) is 15.0 Å². The molecule has 6 nitrogen and oxygen atoms in total. The van der Waals surface area contributed by atoms with Gasteiger partial charge in [0.2, 0.25) is 0 Å². The van der Waals surface area contributed by atoms with Crippen LogP contribution in [-0.4, -0.2) is 34.4 Å². The van der Waals surface area contributed by atoms with Crippen LogP contribution in [0.4, 0.5) is 0 Å². The van der Waals surface area contributed by atoms with Crippen LogP contribution in [0.2, 0.25) is 0 Å². The minimum atomic E-state index is -0.414. The Hall–Kier alpha value is -2.36. The molecule has 3 rings (SSSR count). The molecule has 0 aromatic heterocycles. The molecule has 1 fully saturated rings. The summed E-state index contributed by atoms with van der Waals surface area (Å²) in [5.41, 5.74) is 3.79. The molecule has 2 aromatic carbocycles. The maximum absolute atomic E-state index is 12.9. The van der Waals surface area contributed by atoms with Gasteiger partial charge >= 0.3 is 0 Å². The number of amides is 2. The van der Waals surface area contributed by atoms with Crippen molar-refractivity contribution in [1.82, 2.24) is 10.4 Å². The number of rotatable bonds is 10. The van der Waals surface area contributed by atoms with Gasteiger partial charge in [0.1, 0.15) is 0 Å². The SMILES string of the molecule is CCCCCOc1ccc(/C=C2\SC(=S)N(NC(=O)c3ccc(Br)cc3)C2=O)cc1OCC. The molecule has 9 heteroatoms. The lowest BCUT2D eigenvalue weighted by Crippen LogP contribution is -2.44. The van der Waals surface area contributed by atoms with Gasteiger partial charge in [-0.05, 0) is 73.6 Å². The number of hydrazine groups is 1. The zero-order valence-corrected chi connectivity index (χ0v) is 21.6. The van der Waals surface area contributed by atoms with Crippen molar-refractivity contribution in [2.75, 3.05) is 13.2 Å². The molecule has 0 unspecified atom stereocenters. The van der Waals surface area contributed by atoms with Gasteiger partial charge in [0.25, 0.3) is 11.8 Å². The fraction of sp³-hybridized carbons (Fsp3) is 0.292. The quantitative estimate of drug-likeness (QED) is 0.224. The molecule has 0 spiro atoms. The predicted octanol–water partition coefficient (Wildman–Crippen LogP) is 5.96. The molecule has 0 bridgehead atoms. The minimum absolute atomic E-state index is 0.262. The highest BCUT2D eigenvalue weighted by atomic mass is 79.9. The van der Waals surface area contributed by atoms with E-state index in [0.717, 1.165) is 46.1 Å². The number of unbranched alkanes of at least 4 members (excludes halogenated alkanes) is 2. The summed E-state index contributed by atoms with van der Waals surface area (Å²) in [6.07, 6.45) is 4.96. The Morgan fingerprint density at radius 2 is 1.88 bits per heavy atom. The molecule has 1 heterocycles. The summed E-state index contributed by atoms with van der Waals surface area (Å²) in [4.78, 5) is 25.8. The molecule has 174 valence electrons. The predicted molar refractivity (Wildman–Crippen MR) is 139 cm³/mol. The number of nitrogens with zero attached hydrogens (tertiary/aromatic N) is 1. The number of carbonyl (C=O) groups excluding carboxylic acids is 2. The molecule has 0 saturated carbocycles. The Morgan fingerprint density at radius 1 is 1.12 bits per heavy atom. The maximum atomic E-state index is 12.9. The van der Waals surface area contributed by atoms with Crippen LogP contribution < -0.4 is 14.9 Å². The normalized spacial score (nSPS) is 14.6. The first kappa shape index (κ1) is 25.3. The van der Waals surface area contributed by atoms with Crippen molar-refractivity contribution in [2.24, 2.45) is 0 Å². The van der Waals surface area contributed by atoms with E-state index >= 15 is 0 Å². The number of thiocarbonyl (C=S) groups is 1. The highest BCUT2D eigenvalue weighted by Crippen LogP contribution is 2.34. The van der Waals surface area contributed by atoms with Crippen molar-refractivity contribution in [3.8, 4) is 11.5 Å². The second kappa shape index (κ2) is 12.2. The second-order valence-corrected chi connectivity index (χ2v) is 9.75. The Balaban J connectivity index is 1.72. The average molecular weight is 550 g/mol. The summed E-state index contributed by atoms with van der Waals surface area (Å²) in [6, 6.07) is 12.4. The molecule has 1 aliphatic rings. The van der Waals surface area contributed by atoms with E-state index in [0.29, 0.717) is 35.2 Å². The van der Waals surface area contributed by atoms with Gasteiger partial charge in [-0.15, -0.1) is 0 Å². The molecule has 33 heavy (non-hydrogen) atoms. The lowest BCUT2D eigenvalue weighted by molar-refractivity contribution is -0.123. The van der Waals surface area contributed by atoms with Crippen molar-refractivity contribution >= 4 is 62.1 Å². The molecular formula is C24H25BrN2O4S2. The highest BCUT2D eigenvalue weighted by molar-refractivity contribution is 9.10. The monoisotopic (exact) mass is 548 g/mol. The Labute approximate surface area is 211 Å². The number of halogens is 1. The van der Waals surface area contributed by atoms with Crippen LogP contribution in [0.5, 0.6) is 11.5 Å². The first-order chi connectivity index (χ1) is 15.9. The van der Waals surface area contributed by atoms with Gasteiger partial charge in [-0.2, -0.15) is 5.01 Å². The van der Waals surface area contributed by atoms with Crippen LogP contribution in [-0.2, 0) is 4.79 Å². The number of benzene rings is 2. The molecule has 0 atom stereocenters. The largest absolute Gasteiger partial charge is 0.490 e. The first-order valence-corrected chi connectivity index (χ1v) is 12.7. The summed E-state index contributed by atoms with van der Waals surface area (Å²) in [5, 5.41) is 1.10. The molecule has 1 saturated heterocycles. The van der Waals surface area contributed by atoms with Gasteiger partial charge < -0.3 is 9.47 Å². The number of hydrogen-bond acceptors (Lipinski definition) is 6. The van der Waals surface area contributed by atoms with Crippen molar-refractivity contribution < 1.29 is 19.1 Å². The fourth-order valence-electron chi connectivity index (χ4n) is 3.02. The summed E-state index contributed by atoms with van der Waals surface area (Å²) in [5.74, 6) is 0.512. The summed E-state index contributed by atoms with van der Waals surface area (Å²) in [6.45, 7) is 5.19. The van der Waals surface area contributed by atoms with Gasteiger partial charge in [-0.25, -0.2) is 0 Å². The molecule has 0 aliphatic carbocycles. The van der Waals surface area contributed by atoms with Crippen LogP contribution in [0.3, 0.4) is 0 Å². The lowest BCUT2D eigenvalue weighted by Gasteiger charge is -2.15. The fourth-order valence-corrected chi connectivity index (χ4v) is 4.46. The third kappa shape index (κ3) is 6.82. The molecule has 2 amide bonds. The van der Waals surface area contributed by atoms with Crippen molar-refractivity contribution in [3.05, 3.63) is 63.0 Å². The molecule has 0 radical (unpaired) electrons. The third-order valence-corrected chi connectivity index (χ3v) is 6.52. The Kier molecular flexibility index (Phi) is 9.34. The van der Waals surface area contributed by atoms with Crippen molar-refractivity contribution in [2.45, 2.75) is 33.1 Å². The molecule has 2 aromatic rings. The molecular weight excluding hydrogens is 524 g/mol. The summed E-state index contributed by atoms with van der Waals surface area (Å²) in [7, 11) is 0. The Bertz CT molecular complexity index is 1060. The summed E-state index contributed by atoms with van der Waals surface area (Å²) >= 11 is 9.79. The average Bonchev–Trinajstić information content (AvgIpc) is 3.06. The topological polar surface area (TPSA) is 67.9 Å². The lowest BCUT2D eigenvalue weighted by atomic mass is 10.2. The van der Waals surface area contributed by atoms with E-state index in [1.165, 1.54) is 0 Å². The van der Waals surface area contributed by atoms with Gasteiger partial charge in [0, 0.05) is 10.0 Å². The van der Waals surface area contributed by atoms with Crippen molar-refractivity contribution in [1.29, 1.82) is 0 Å². The van der Waals surface area contributed by atoms with E-state index in [2.05, 4.69) is 28.3 Å². The third-order valence-electron chi connectivity index (χ3n) is 4.68. The van der Waals surface area contributed by atoms with E-state index in [4.69, 9.17) is 21.7 Å². The zero-order valence-electron chi connectivity index (χ0n) is 18.4. The second-order valence-electron chi connectivity index (χ2n) is 7.16. The van der Waals surface area contributed by atoms with Gasteiger partial charge in [0.15, 0.2) is 15.8 Å². The number of carbonyl (C=O) groups is 2. The van der Waals surface area contributed by atoms with E-state index in [1.807, 2.05) is 25.1 Å². The smallest absolute Gasteiger partial charge is 0.285 e. The summed E-state index contributed by atoms with van der Waals surface area (Å²) < 4.78 is 12.7. The van der Waals surface area contributed by atoms with Gasteiger partial charge in [-0.1, -0.05) is 53.5 Å². The number of thioether (sulfide) groups is 1. The van der Waals surface area contributed by atoms with E-state index < -0.39 is 5.91 Å². The van der Waals surface area contributed by atoms with E-state index in [1.54, 1.807) is 30.3 Å².